The van der Waals surface area contributed by atoms with Crippen molar-refractivity contribution in [2.45, 2.75) is 39.0 Å². The molecule has 0 unspecified atom stereocenters. The molecule has 0 radical (unpaired) electrons. The van der Waals surface area contributed by atoms with Crippen molar-refractivity contribution in [1.29, 1.82) is 5.26 Å². The van der Waals surface area contributed by atoms with Crippen molar-refractivity contribution in [1.82, 2.24) is 0 Å². The lowest BCUT2D eigenvalue weighted by atomic mass is 9.73. The summed E-state index contributed by atoms with van der Waals surface area (Å²) in [6.07, 6.45) is 1.22. The van der Waals surface area contributed by atoms with E-state index < -0.39 is 5.41 Å². The predicted molar refractivity (Wildman–Crippen MR) is 113 cm³/mol. The Bertz CT molecular complexity index is 891. The van der Waals surface area contributed by atoms with Crippen molar-refractivity contribution in [2.75, 3.05) is 25.1 Å². The Kier molecular flexibility index (Phi) is 6.56. The highest BCUT2D eigenvalue weighted by Crippen LogP contribution is 2.37. The maximum atomic E-state index is 13.4. The summed E-state index contributed by atoms with van der Waals surface area (Å²) >= 11 is 0. The number of benzene rings is 2. The first-order chi connectivity index (χ1) is 13.9. The average Bonchev–Trinajstić information content (AvgIpc) is 2.73. The standard InChI is InChI=1S/C24H28N2O3/c1-17(2)16-29-21-8-9-22(19(14-21)15-25)26-23(27)24(10-12-28-13-11-24)20-6-4-18(3)5-7-20/h4-9,14,17H,10-13,16H2,1-3H3,(H,26,27). The highest BCUT2D eigenvalue weighted by Gasteiger charge is 2.41. The summed E-state index contributed by atoms with van der Waals surface area (Å²) < 4.78 is 11.2. The van der Waals surface area contributed by atoms with Gasteiger partial charge < -0.3 is 14.8 Å². The maximum absolute atomic E-state index is 13.4. The van der Waals surface area contributed by atoms with Crippen molar-refractivity contribution in [2.24, 2.45) is 5.92 Å². The van der Waals surface area contributed by atoms with Crippen molar-refractivity contribution in [3.8, 4) is 11.8 Å². The van der Waals surface area contributed by atoms with Gasteiger partial charge in [0.2, 0.25) is 5.91 Å². The number of aryl methyl sites for hydroxylation is 1. The zero-order valence-corrected chi connectivity index (χ0v) is 17.3. The number of hydrogen-bond donors (Lipinski definition) is 1. The highest BCUT2D eigenvalue weighted by atomic mass is 16.5. The summed E-state index contributed by atoms with van der Waals surface area (Å²) in [5, 5.41) is 12.6. The minimum Gasteiger partial charge on any atom is -0.493 e. The number of anilines is 1. The quantitative estimate of drug-likeness (QED) is 0.781. The zero-order valence-electron chi connectivity index (χ0n) is 17.3. The van der Waals surface area contributed by atoms with Gasteiger partial charge in [-0.3, -0.25) is 4.79 Å². The number of hydrogen-bond acceptors (Lipinski definition) is 4. The van der Waals surface area contributed by atoms with Crippen LogP contribution < -0.4 is 10.1 Å². The molecule has 3 rings (SSSR count). The molecule has 0 aromatic heterocycles. The predicted octanol–water partition coefficient (Wildman–Crippen LogP) is 4.59. The number of ether oxygens (including phenoxy) is 2. The number of nitriles is 1. The summed E-state index contributed by atoms with van der Waals surface area (Å²) in [5.74, 6) is 0.923. The van der Waals surface area contributed by atoms with Crippen LogP contribution in [0.25, 0.3) is 0 Å². The maximum Gasteiger partial charge on any atom is 0.235 e. The monoisotopic (exact) mass is 392 g/mol. The van der Waals surface area contributed by atoms with E-state index in [2.05, 4.69) is 25.2 Å². The molecule has 152 valence electrons. The van der Waals surface area contributed by atoms with E-state index in [1.165, 1.54) is 0 Å². The van der Waals surface area contributed by atoms with Crippen LogP contribution in [-0.4, -0.2) is 25.7 Å². The Morgan fingerprint density at radius 2 is 1.90 bits per heavy atom. The molecule has 1 amide bonds. The number of amides is 1. The van der Waals surface area contributed by atoms with E-state index >= 15 is 0 Å². The van der Waals surface area contributed by atoms with Crippen molar-refractivity contribution in [3.05, 3.63) is 59.2 Å². The molecule has 5 heteroatoms. The Labute approximate surface area is 172 Å². The van der Waals surface area contributed by atoms with Crippen LogP contribution in [0, 0.1) is 24.2 Å². The Morgan fingerprint density at radius 1 is 1.21 bits per heavy atom. The Hall–Kier alpha value is -2.84. The number of carbonyl (C=O) groups excluding carboxylic acids is 1. The van der Waals surface area contributed by atoms with Crippen LogP contribution in [0.2, 0.25) is 0 Å². The molecule has 2 aromatic rings. The van der Waals surface area contributed by atoms with Gasteiger partial charge in [0.05, 0.1) is 23.3 Å². The fraction of sp³-hybridized carbons (Fsp3) is 0.417. The first-order valence-corrected chi connectivity index (χ1v) is 10.1. The van der Waals surface area contributed by atoms with Gasteiger partial charge in [0.1, 0.15) is 11.8 Å². The fourth-order valence-electron chi connectivity index (χ4n) is 3.56. The lowest BCUT2D eigenvalue weighted by molar-refractivity contribution is -0.125. The third kappa shape index (κ3) is 4.78. The summed E-state index contributed by atoms with van der Waals surface area (Å²) in [5.41, 5.74) is 2.38. The summed E-state index contributed by atoms with van der Waals surface area (Å²) in [7, 11) is 0. The smallest absolute Gasteiger partial charge is 0.235 e. The molecule has 2 aromatic carbocycles. The summed E-state index contributed by atoms with van der Waals surface area (Å²) in [6, 6.07) is 15.5. The van der Waals surface area contributed by atoms with E-state index in [1.54, 1.807) is 18.2 Å². The van der Waals surface area contributed by atoms with E-state index in [9.17, 15) is 10.1 Å². The lowest BCUT2D eigenvalue weighted by Crippen LogP contribution is -2.45. The van der Waals surface area contributed by atoms with Gasteiger partial charge in [0.25, 0.3) is 0 Å². The molecular formula is C24H28N2O3. The number of carbonyl (C=O) groups is 1. The molecule has 0 saturated carbocycles. The van der Waals surface area contributed by atoms with Crippen molar-refractivity contribution < 1.29 is 14.3 Å². The van der Waals surface area contributed by atoms with Gasteiger partial charge in [-0.05, 0) is 49.4 Å². The molecule has 0 bridgehead atoms. The van der Waals surface area contributed by atoms with Gasteiger partial charge >= 0.3 is 0 Å². The first kappa shape index (κ1) is 20.9. The normalized spacial score (nSPS) is 15.6. The van der Waals surface area contributed by atoms with E-state index in [0.29, 0.717) is 55.6 Å². The van der Waals surface area contributed by atoms with Gasteiger partial charge in [0, 0.05) is 13.2 Å². The topological polar surface area (TPSA) is 71.3 Å². The van der Waals surface area contributed by atoms with Crippen LogP contribution >= 0.6 is 0 Å². The van der Waals surface area contributed by atoms with Crippen LogP contribution in [0.5, 0.6) is 5.75 Å². The minimum absolute atomic E-state index is 0.1000. The fourth-order valence-corrected chi connectivity index (χ4v) is 3.56. The number of nitrogens with one attached hydrogen (secondary N) is 1. The van der Waals surface area contributed by atoms with Crippen LogP contribution in [-0.2, 0) is 14.9 Å². The van der Waals surface area contributed by atoms with Crippen LogP contribution in [0.3, 0.4) is 0 Å². The molecule has 1 fully saturated rings. The third-order valence-electron chi connectivity index (χ3n) is 5.33. The number of nitrogens with zero attached hydrogens (tertiary/aromatic N) is 1. The highest BCUT2D eigenvalue weighted by molar-refractivity contribution is 6.00. The molecule has 1 N–H and O–H groups in total. The molecular weight excluding hydrogens is 364 g/mol. The van der Waals surface area contributed by atoms with Gasteiger partial charge in [-0.25, -0.2) is 0 Å². The van der Waals surface area contributed by atoms with Gasteiger partial charge in [-0.2, -0.15) is 5.26 Å². The van der Waals surface area contributed by atoms with Crippen LogP contribution in [0.4, 0.5) is 5.69 Å². The Morgan fingerprint density at radius 3 is 2.52 bits per heavy atom. The third-order valence-corrected chi connectivity index (χ3v) is 5.33. The molecule has 1 saturated heterocycles. The van der Waals surface area contributed by atoms with Gasteiger partial charge in [-0.15, -0.1) is 0 Å². The van der Waals surface area contributed by atoms with Gasteiger partial charge in [0.15, 0.2) is 0 Å². The zero-order chi connectivity index (χ0) is 20.9. The second kappa shape index (κ2) is 9.11. The van der Waals surface area contributed by atoms with Crippen LogP contribution in [0.1, 0.15) is 43.4 Å². The Balaban J connectivity index is 1.86. The largest absolute Gasteiger partial charge is 0.493 e. The second-order valence-corrected chi connectivity index (χ2v) is 8.04. The second-order valence-electron chi connectivity index (χ2n) is 8.04. The lowest BCUT2D eigenvalue weighted by Gasteiger charge is -2.36. The van der Waals surface area contributed by atoms with E-state index in [0.717, 1.165) is 11.1 Å². The summed E-state index contributed by atoms with van der Waals surface area (Å²) in [4.78, 5) is 13.4. The molecule has 0 atom stereocenters. The average molecular weight is 392 g/mol. The van der Waals surface area contributed by atoms with Crippen molar-refractivity contribution in [3.63, 3.8) is 0 Å². The minimum atomic E-state index is -0.661. The molecule has 0 spiro atoms. The van der Waals surface area contributed by atoms with E-state index in [4.69, 9.17) is 9.47 Å². The van der Waals surface area contributed by atoms with Gasteiger partial charge in [-0.1, -0.05) is 43.7 Å². The molecule has 1 heterocycles. The molecule has 5 nitrogen and oxygen atoms in total. The van der Waals surface area contributed by atoms with Crippen molar-refractivity contribution >= 4 is 11.6 Å². The SMILES string of the molecule is Cc1ccc(C2(C(=O)Nc3ccc(OCC(C)C)cc3C#N)CCOCC2)cc1. The van der Waals surface area contributed by atoms with E-state index in [-0.39, 0.29) is 5.91 Å². The van der Waals surface area contributed by atoms with Crippen LogP contribution in [0.15, 0.2) is 42.5 Å². The van der Waals surface area contributed by atoms with E-state index in [1.807, 2.05) is 31.2 Å². The first-order valence-electron chi connectivity index (χ1n) is 10.1. The molecule has 1 aliphatic rings. The number of rotatable bonds is 6. The molecule has 1 aliphatic heterocycles. The molecule has 0 aliphatic carbocycles. The molecule has 29 heavy (non-hydrogen) atoms. The summed E-state index contributed by atoms with van der Waals surface area (Å²) in [6.45, 7) is 7.81.